The van der Waals surface area contributed by atoms with Crippen LogP contribution in [-0.4, -0.2) is 65.8 Å². The summed E-state index contributed by atoms with van der Waals surface area (Å²) in [4.78, 5) is 20.8. The highest BCUT2D eigenvalue weighted by atomic mass is 32.2. The molecular weight excluding hydrogens is 274 g/mol. The Morgan fingerprint density at radius 3 is 2.90 bits per heavy atom. The molecule has 108 valence electrons. The van der Waals surface area contributed by atoms with E-state index in [2.05, 4.69) is 9.88 Å². The zero-order valence-electron chi connectivity index (χ0n) is 11.4. The van der Waals surface area contributed by atoms with Crippen LogP contribution in [0.2, 0.25) is 0 Å². The van der Waals surface area contributed by atoms with Crippen molar-refractivity contribution in [3.63, 3.8) is 0 Å². The lowest BCUT2D eigenvalue weighted by molar-refractivity contribution is -0.128. The third-order valence-corrected chi connectivity index (χ3v) is 4.90. The summed E-state index contributed by atoms with van der Waals surface area (Å²) in [5.41, 5.74) is 0.977. The van der Waals surface area contributed by atoms with Crippen molar-refractivity contribution in [1.29, 1.82) is 0 Å². The first-order chi connectivity index (χ1) is 9.84. The zero-order chi connectivity index (χ0) is 13.8. The standard InChI is InChI=1S/C14H19N3O2S/c18-13-11-20-14(12-3-1-2-4-15-12)17(13)6-5-16-7-9-19-10-8-16/h1-4,14H,5-11H2. The zero-order valence-corrected chi connectivity index (χ0v) is 12.2. The quantitative estimate of drug-likeness (QED) is 0.828. The van der Waals surface area contributed by atoms with E-state index in [1.165, 1.54) is 0 Å². The van der Waals surface area contributed by atoms with E-state index < -0.39 is 0 Å². The average Bonchev–Trinajstić information content (AvgIpc) is 2.88. The number of aromatic nitrogens is 1. The monoisotopic (exact) mass is 293 g/mol. The van der Waals surface area contributed by atoms with E-state index in [4.69, 9.17) is 4.74 Å². The van der Waals surface area contributed by atoms with Gasteiger partial charge in [-0.05, 0) is 12.1 Å². The second-order valence-electron chi connectivity index (χ2n) is 4.96. The maximum Gasteiger partial charge on any atom is 0.233 e. The Labute approximate surface area is 123 Å². The van der Waals surface area contributed by atoms with Crippen molar-refractivity contribution in [1.82, 2.24) is 14.8 Å². The summed E-state index contributed by atoms with van der Waals surface area (Å²) in [6, 6.07) is 5.88. The van der Waals surface area contributed by atoms with Crippen LogP contribution in [0.5, 0.6) is 0 Å². The Bertz CT molecular complexity index is 451. The Morgan fingerprint density at radius 1 is 1.30 bits per heavy atom. The molecule has 0 bridgehead atoms. The molecule has 2 saturated heterocycles. The molecule has 3 heterocycles. The summed E-state index contributed by atoms with van der Waals surface area (Å²) < 4.78 is 5.35. The van der Waals surface area contributed by atoms with Crippen molar-refractivity contribution in [3.8, 4) is 0 Å². The molecule has 2 aliphatic heterocycles. The summed E-state index contributed by atoms with van der Waals surface area (Å²) in [6.07, 6.45) is 1.79. The van der Waals surface area contributed by atoms with Crippen LogP contribution in [0.25, 0.3) is 0 Å². The molecule has 1 atom stereocenters. The maximum absolute atomic E-state index is 12.1. The van der Waals surface area contributed by atoms with Gasteiger partial charge in [-0.15, -0.1) is 11.8 Å². The summed E-state index contributed by atoms with van der Waals surface area (Å²) in [6.45, 7) is 5.21. The Hall–Kier alpha value is -1.11. The number of hydrogen-bond acceptors (Lipinski definition) is 5. The molecule has 0 radical (unpaired) electrons. The lowest BCUT2D eigenvalue weighted by Gasteiger charge is -2.30. The second kappa shape index (κ2) is 6.56. The van der Waals surface area contributed by atoms with Crippen molar-refractivity contribution in [3.05, 3.63) is 30.1 Å². The van der Waals surface area contributed by atoms with Gasteiger partial charge in [0.25, 0.3) is 0 Å². The van der Waals surface area contributed by atoms with E-state index in [0.29, 0.717) is 5.75 Å². The van der Waals surface area contributed by atoms with Crippen LogP contribution in [0.1, 0.15) is 11.1 Å². The lowest BCUT2D eigenvalue weighted by atomic mass is 10.3. The minimum atomic E-state index is 0.0738. The predicted octanol–water partition coefficient (Wildman–Crippen LogP) is 0.988. The van der Waals surface area contributed by atoms with Crippen molar-refractivity contribution in [2.45, 2.75) is 5.37 Å². The largest absolute Gasteiger partial charge is 0.379 e. The van der Waals surface area contributed by atoms with E-state index in [1.54, 1.807) is 18.0 Å². The summed E-state index contributed by atoms with van der Waals surface area (Å²) in [5, 5.41) is 0.0738. The average molecular weight is 293 g/mol. The third kappa shape index (κ3) is 3.13. The maximum atomic E-state index is 12.1. The molecule has 0 N–H and O–H groups in total. The van der Waals surface area contributed by atoms with Crippen LogP contribution in [0.15, 0.2) is 24.4 Å². The molecule has 0 aromatic carbocycles. The third-order valence-electron chi connectivity index (χ3n) is 3.67. The number of ether oxygens (including phenoxy) is 1. The highest BCUT2D eigenvalue weighted by Crippen LogP contribution is 2.37. The number of carbonyl (C=O) groups is 1. The van der Waals surface area contributed by atoms with Gasteiger partial charge in [0.15, 0.2) is 0 Å². The molecule has 3 rings (SSSR count). The van der Waals surface area contributed by atoms with Crippen molar-refractivity contribution in [2.75, 3.05) is 45.1 Å². The molecule has 0 saturated carbocycles. The van der Waals surface area contributed by atoms with E-state index in [9.17, 15) is 4.79 Å². The van der Waals surface area contributed by atoms with Gasteiger partial charge in [0, 0.05) is 32.4 Å². The van der Waals surface area contributed by atoms with Gasteiger partial charge < -0.3 is 9.64 Å². The highest BCUT2D eigenvalue weighted by molar-refractivity contribution is 8.00. The molecule has 6 heteroatoms. The fourth-order valence-corrected chi connectivity index (χ4v) is 3.72. The summed E-state index contributed by atoms with van der Waals surface area (Å²) in [5.74, 6) is 0.781. The van der Waals surface area contributed by atoms with Crippen LogP contribution in [0.4, 0.5) is 0 Å². The Morgan fingerprint density at radius 2 is 2.15 bits per heavy atom. The second-order valence-corrected chi connectivity index (χ2v) is 6.03. The lowest BCUT2D eigenvalue weighted by Crippen LogP contribution is -2.42. The minimum Gasteiger partial charge on any atom is -0.379 e. The molecule has 2 fully saturated rings. The number of pyridine rings is 1. The molecule has 1 amide bonds. The number of morpholine rings is 1. The molecule has 5 nitrogen and oxygen atoms in total. The van der Waals surface area contributed by atoms with Gasteiger partial charge in [0.05, 0.1) is 24.7 Å². The molecule has 20 heavy (non-hydrogen) atoms. The number of nitrogens with zero attached hydrogens (tertiary/aromatic N) is 3. The van der Waals surface area contributed by atoms with Crippen LogP contribution in [0.3, 0.4) is 0 Å². The molecule has 1 aromatic rings. The van der Waals surface area contributed by atoms with Crippen molar-refractivity contribution in [2.24, 2.45) is 0 Å². The number of amides is 1. The first-order valence-corrected chi connectivity index (χ1v) is 8.01. The van der Waals surface area contributed by atoms with Gasteiger partial charge in [-0.3, -0.25) is 14.7 Å². The van der Waals surface area contributed by atoms with Crippen LogP contribution in [-0.2, 0) is 9.53 Å². The molecule has 0 aliphatic carbocycles. The number of rotatable bonds is 4. The number of carbonyl (C=O) groups excluding carboxylic acids is 1. The predicted molar refractivity (Wildman–Crippen MR) is 78.4 cm³/mol. The fourth-order valence-electron chi connectivity index (χ4n) is 2.54. The van der Waals surface area contributed by atoms with Gasteiger partial charge >= 0.3 is 0 Å². The summed E-state index contributed by atoms with van der Waals surface area (Å²) in [7, 11) is 0. The van der Waals surface area contributed by atoms with Crippen molar-refractivity contribution >= 4 is 17.7 Å². The topological polar surface area (TPSA) is 45.7 Å². The fraction of sp³-hybridized carbons (Fsp3) is 0.571. The van der Waals surface area contributed by atoms with Gasteiger partial charge in [-0.1, -0.05) is 6.07 Å². The van der Waals surface area contributed by atoms with E-state index in [0.717, 1.165) is 45.1 Å². The Kier molecular flexibility index (Phi) is 4.54. The molecular formula is C14H19N3O2S. The first-order valence-electron chi connectivity index (χ1n) is 6.97. The van der Waals surface area contributed by atoms with Crippen LogP contribution in [0, 0.1) is 0 Å². The normalized spacial score (nSPS) is 24.3. The van der Waals surface area contributed by atoms with Crippen LogP contribution >= 0.6 is 11.8 Å². The summed E-state index contributed by atoms with van der Waals surface area (Å²) >= 11 is 1.67. The smallest absolute Gasteiger partial charge is 0.233 e. The SMILES string of the molecule is O=C1CSC(c2ccccn2)N1CCN1CCOCC1. The Balaban J connectivity index is 1.62. The van der Waals surface area contributed by atoms with E-state index in [-0.39, 0.29) is 11.3 Å². The molecule has 1 unspecified atom stereocenters. The first kappa shape index (κ1) is 13.9. The van der Waals surface area contributed by atoms with Crippen LogP contribution < -0.4 is 0 Å². The van der Waals surface area contributed by atoms with E-state index >= 15 is 0 Å². The van der Waals surface area contributed by atoms with Gasteiger partial charge in [-0.2, -0.15) is 0 Å². The van der Waals surface area contributed by atoms with Crippen molar-refractivity contribution < 1.29 is 9.53 Å². The molecule has 2 aliphatic rings. The van der Waals surface area contributed by atoms with Gasteiger partial charge in [0.1, 0.15) is 5.37 Å². The molecule has 0 spiro atoms. The molecule has 1 aromatic heterocycles. The number of thioether (sulfide) groups is 1. The number of hydrogen-bond donors (Lipinski definition) is 0. The minimum absolute atomic E-state index is 0.0738. The highest BCUT2D eigenvalue weighted by Gasteiger charge is 2.33. The van der Waals surface area contributed by atoms with Gasteiger partial charge in [-0.25, -0.2) is 0 Å². The van der Waals surface area contributed by atoms with Gasteiger partial charge in [0.2, 0.25) is 5.91 Å². The van der Waals surface area contributed by atoms with E-state index in [1.807, 2.05) is 23.1 Å².